The van der Waals surface area contributed by atoms with Crippen molar-refractivity contribution in [3.63, 3.8) is 0 Å². The van der Waals surface area contributed by atoms with Crippen LogP contribution in [0.1, 0.15) is 39.1 Å². The second-order valence-corrected chi connectivity index (χ2v) is 7.34. The van der Waals surface area contributed by atoms with Crippen molar-refractivity contribution in [1.29, 1.82) is 0 Å². The molecule has 1 heterocycles. The predicted molar refractivity (Wildman–Crippen MR) is 110 cm³/mol. The minimum Gasteiger partial charge on any atom is -0.434 e. The van der Waals surface area contributed by atoms with Crippen LogP contribution >= 0.6 is 0 Å². The fourth-order valence-electron chi connectivity index (χ4n) is 3.43. The van der Waals surface area contributed by atoms with Gasteiger partial charge in [0.25, 0.3) is 5.91 Å². The number of amides is 2. The highest BCUT2D eigenvalue weighted by Crippen LogP contribution is 2.22. The lowest BCUT2D eigenvalue weighted by molar-refractivity contribution is -0.132. The lowest BCUT2D eigenvalue weighted by Gasteiger charge is -2.35. The smallest absolute Gasteiger partial charge is 0.387 e. The quantitative estimate of drug-likeness (QED) is 0.631. The maximum atomic E-state index is 12.7. The van der Waals surface area contributed by atoms with E-state index >= 15 is 0 Å². The van der Waals surface area contributed by atoms with E-state index in [0.29, 0.717) is 18.7 Å². The zero-order chi connectivity index (χ0) is 22.4. The molecule has 0 unspecified atom stereocenters. The van der Waals surface area contributed by atoms with Gasteiger partial charge < -0.3 is 14.5 Å². The zero-order valence-electron chi connectivity index (χ0n) is 17.2. The van der Waals surface area contributed by atoms with Gasteiger partial charge >= 0.3 is 6.61 Å². The standard InChI is InChI=1S/C23H24F2N2O4/c1-16-6-8-17(9-7-16)19(28)10-11-21(29)26-12-14-27(15-13-26)22(30)18-4-2-3-5-20(18)31-23(24)25/h2-9,23H,10-15H2,1H3. The molecule has 1 aliphatic rings. The number of ether oxygens (including phenoxy) is 1. The van der Waals surface area contributed by atoms with Crippen LogP contribution in [0.4, 0.5) is 8.78 Å². The molecule has 2 aromatic rings. The highest BCUT2D eigenvalue weighted by Gasteiger charge is 2.27. The van der Waals surface area contributed by atoms with Gasteiger partial charge in [-0.1, -0.05) is 42.0 Å². The summed E-state index contributed by atoms with van der Waals surface area (Å²) >= 11 is 0. The molecule has 164 valence electrons. The van der Waals surface area contributed by atoms with Crippen LogP contribution in [0.2, 0.25) is 0 Å². The van der Waals surface area contributed by atoms with Crippen LogP contribution in [-0.4, -0.2) is 60.2 Å². The average Bonchev–Trinajstić information content (AvgIpc) is 2.77. The van der Waals surface area contributed by atoms with E-state index in [1.165, 1.54) is 23.1 Å². The van der Waals surface area contributed by atoms with Gasteiger partial charge in [0.15, 0.2) is 5.78 Å². The number of piperazine rings is 1. The first-order chi connectivity index (χ1) is 14.8. The highest BCUT2D eigenvalue weighted by atomic mass is 19.3. The number of halogens is 2. The largest absolute Gasteiger partial charge is 0.434 e. The molecule has 0 aliphatic carbocycles. The van der Waals surface area contributed by atoms with Gasteiger partial charge in [-0.05, 0) is 19.1 Å². The summed E-state index contributed by atoms with van der Waals surface area (Å²) in [6.45, 7) is 0.111. The van der Waals surface area contributed by atoms with Crippen molar-refractivity contribution in [1.82, 2.24) is 9.80 Å². The van der Waals surface area contributed by atoms with Crippen LogP contribution in [0.5, 0.6) is 5.75 Å². The van der Waals surface area contributed by atoms with Gasteiger partial charge in [0.05, 0.1) is 5.56 Å². The molecule has 0 aromatic heterocycles. The molecule has 1 saturated heterocycles. The molecule has 0 atom stereocenters. The fourth-order valence-corrected chi connectivity index (χ4v) is 3.43. The van der Waals surface area contributed by atoms with Gasteiger partial charge in [0.1, 0.15) is 5.75 Å². The molecule has 8 heteroatoms. The van der Waals surface area contributed by atoms with Crippen LogP contribution in [0.15, 0.2) is 48.5 Å². The van der Waals surface area contributed by atoms with E-state index in [1.807, 2.05) is 19.1 Å². The van der Waals surface area contributed by atoms with Crippen LogP contribution in [0, 0.1) is 6.92 Å². The lowest BCUT2D eigenvalue weighted by Crippen LogP contribution is -2.50. The van der Waals surface area contributed by atoms with Crippen molar-refractivity contribution < 1.29 is 27.9 Å². The van der Waals surface area contributed by atoms with Crippen molar-refractivity contribution in [3.8, 4) is 5.75 Å². The third kappa shape index (κ3) is 5.87. The van der Waals surface area contributed by atoms with Crippen molar-refractivity contribution >= 4 is 17.6 Å². The van der Waals surface area contributed by atoms with Gasteiger partial charge in [0.2, 0.25) is 5.91 Å². The second kappa shape index (κ2) is 10.1. The predicted octanol–water partition coefficient (Wildman–Crippen LogP) is 3.54. The monoisotopic (exact) mass is 430 g/mol. The first-order valence-electron chi connectivity index (χ1n) is 10.1. The normalized spacial score (nSPS) is 13.9. The lowest BCUT2D eigenvalue weighted by atomic mass is 10.0. The number of alkyl halides is 2. The van der Waals surface area contributed by atoms with Crippen molar-refractivity contribution in [3.05, 3.63) is 65.2 Å². The molecule has 0 saturated carbocycles. The maximum absolute atomic E-state index is 12.7. The summed E-state index contributed by atoms with van der Waals surface area (Å²) in [4.78, 5) is 40.6. The number of hydrogen-bond acceptors (Lipinski definition) is 4. The first-order valence-corrected chi connectivity index (χ1v) is 10.1. The molecule has 2 amide bonds. The van der Waals surface area contributed by atoms with Crippen LogP contribution in [-0.2, 0) is 4.79 Å². The molecule has 0 bridgehead atoms. The molecule has 0 radical (unpaired) electrons. The van der Waals surface area contributed by atoms with E-state index in [0.717, 1.165) is 5.56 Å². The molecule has 1 fully saturated rings. The Labute approximate surface area is 179 Å². The van der Waals surface area contributed by atoms with E-state index in [4.69, 9.17) is 0 Å². The molecule has 6 nitrogen and oxygen atoms in total. The summed E-state index contributed by atoms with van der Waals surface area (Å²) in [5.74, 6) is -0.819. The van der Waals surface area contributed by atoms with Crippen LogP contribution in [0.25, 0.3) is 0 Å². The van der Waals surface area contributed by atoms with Gasteiger partial charge in [-0.2, -0.15) is 8.78 Å². The van der Waals surface area contributed by atoms with Crippen molar-refractivity contribution in [2.75, 3.05) is 26.2 Å². The molecular formula is C23H24F2N2O4. The number of ketones is 1. The Hall–Kier alpha value is -3.29. The van der Waals surface area contributed by atoms with Gasteiger partial charge in [-0.3, -0.25) is 14.4 Å². The summed E-state index contributed by atoms with van der Waals surface area (Å²) in [6, 6.07) is 13.1. The van der Waals surface area contributed by atoms with Gasteiger partial charge in [-0.25, -0.2) is 0 Å². The summed E-state index contributed by atoms with van der Waals surface area (Å²) in [5.41, 5.74) is 1.70. The molecule has 0 spiro atoms. The molecule has 2 aromatic carbocycles. The Bertz CT molecular complexity index is 939. The van der Waals surface area contributed by atoms with E-state index in [2.05, 4.69) is 4.74 Å². The minimum atomic E-state index is -3.02. The highest BCUT2D eigenvalue weighted by molar-refractivity contribution is 5.98. The summed E-state index contributed by atoms with van der Waals surface area (Å²) in [6.07, 6.45) is 0.227. The maximum Gasteiger partial charge on any atom is 0.387 e. The van der Waals surface area contributed by atoms with Gasteiger partial charge in [-0.15, -0.1) is 0 Å². The van der Waals surface area contributed by atoms with E-state index in [9.17, 15) is 23.2 Å². The Morgan fingerprint density at radius 1 is 0.903 bits per heavy atom. The number of aryl methyl sites for hydroxylation is 1. The summed E-state index contributed by atoms with van der Waals surface area (Å²) in [5, 5.41) is 0. The molecule has 0 N–H and O–H groups in total. The van der Waals surface area contributed by atoms with Gasteiger partial charge in [0, 0.05) is 44.6 Å². The van der Waals surface area contributed by atoms with Crippen LogP contribution in [0.3, 0.4) is 0 Å². The number of nitrogens with zero attached hydrogens (tertiary/aromatic N) is 2. The number of rotatable bonds is 7. The molecule has 1 aliphatic heterocycles. The SMILES string of the molecule is Cc1ccc(C(=O)CCC(=O)N2CCN(C(=O)c3ccccc3OC(F)F)CC2)cc1. The van der Waals surface area contributed by atoms with Crippen LogP contribution < -0.4 is 4.74 Å². The Balaban J connectivity index is 1.51. The average molecular weight is 430 g/mol. The Kier molecular flexibility index (Phi) is 7.33. The Morgan fingerprint density at radius 3 is 2.16 bits per heavy atom. The third-order valence-electron chi connectivity index (χ3n) is 5.19. The van der Waals surface area contributed by atoms with Crippen molar-refractivity contribution in [2.24, 2.45) is 0 Å². The summed E-state index contributed by atoms with van der Waals surface area (Å²) in [7, 11) is 0. The van der Waals surface area contributed by atoms with E-state index < -0.39 is 12.5 Å². The third-order valence-corrected chi connectivity index (χ3v) is 5.19. The molecule has 31 heavy (non-hydrogen) atoms. The number of para-hydroxylation sites is 1. The first kappa shape index (κ1) is 22.4. The summed E-state index contributed by atoms with van der Waals surface area (Å²) < 4.78 is 29.6. The molecular weight excluding hydrogens is 406 g/mol. The second-order valence-electron chi connectivity index (χ2n) is 7.34. The molecule has 3 rings (SSSR count). The van der Waals surface area contributed by atoms with E-state index in [1.54, 1.807) is 23.1 Å². The zero-order valence-corrected chi connectivity index (χ0v) is 17.2. The van der Waals surface area contributed by atoms with E-state index in [-0.39, 0.29) is 48.9 Å². The number of carbonyl (C=O) groups excluding carboxylic acids is 3. The number of benzene rings is 2. The number of hydrogen-bond donors (Lipinski definition) is 0. The number of carbonyl (C=O) groups is 3. The minimum absolute atomic E-state index is 0.0614. The Morgan fingerprint density at radius 2 is 1.52 bits per heavy atom. The fraction of sp³-hybridized carbons (Fsp3) is 0.348. The topological polar surface area (TPSA) is 66.9 Å². The van der Waals surface area contributed by atoms with Crippen molar-refractivity contribution in [2.45, 2.75) is 26.4 Å². The number of Topliss-reactive ketones (excluding diaryl/α,β-unsaturated/α-hetero) is 1.